The topological polar surface area (TPSA) is 38.0 Å². The summed E-state index contributed by atoms with van der Waals surface area (Å²) in [5, 5.41) is 0.740. The molecule has 0 aliphatic heterocycles. The monoisotopic (exact) mass is 170 g/mol. The van der Waals surface area contributed by atoms with Gasteiger partial charge in [0.1, 0.15) is 0 Å². The summed E-state index contributed by atoms with van der Waals surface area (Å²) in [6, 6.07) is 7.77. The minimum Gasteiger partial charge on any atom is -0.271 e. The van der Waals surface area contributed by atoms with E-state index in [2.05, 4.69) is 5.43 Å². The van der Waals surface area contributed by atoms with E-state index < -0.39 is 0 Å². The molecule has 0 radical (unpaired) electrons. The Balaban J connectivity index is 2.86. The molecule has 3 heteroatoms. The summed E-state index contributed by atoms with van der Waals surface area (Å²) >= 11 is 5.78. The van der Waals surface area contributed by atoms with E-state index in [1.165, 1.54) is 0 Å². The standard InChI is InChI=1S/C8H11ClN2/c1-6(11-10)7-3-2-4-8(9)5-7/h2-6,11H,10H2,1H3. The van der Waals surface area contributed by atoms with Crippen molar-refractivity contribution in [3.8, 4) is 0 Å². The van der Waals surface area contributed by atoms with Crippen molar-refractivity contribution >= 4 is 11.6 Å². The van der Waals surface area contributed by atoms with Crippen LogP contribution in [-0.4, -0.2) is 0 Å². The van der Waals surface area contributed by atoms with E-state index in [1.54, 1.807) is 0 Å². The highest BCUT2D eigenvalue weighted by atomic mass is 35.5. The molecule has 0 heterocycles. The Morgan fingerprint density at radius 3 is 2.82 bits per heavy atom. The predicted octanol–water partition coefficient (Wildman–Crippen LogP) is 1.86. The highest BCUT2D eigenvalue weighted by molar-refractivity contribution is 6.30. The molecule has 60 valence electrons. The fraction of sp³-hybridized carbons (Fsp3) is 0.250. The second-order valence-electron chi connectivity index (χ2n) is 2.44. The van der Waals surface area contributed by atoms with Gasteiger partial charge in [-0.3, -0.25) is 11.3 Å². The highest BCUT2D eigenvalue weighted by Gasteiger charge is 2.01. The van der Waals surface area contributed by atoms with E-state index in [-0.39, 0.29) is 6.04 Å². The summed E-state index contributed by atoms with van der Waals surface area (Å²) in [5.41, 5.74) is 3.75. The molecule has 1 unspecified atom stereocenters. The molecule has 0 aliphatic rings. The van der Waals surface area contributed by atoms with Crippen molar-refractivity contribution in [2.24, 2.45) is 5.84 Å². The van der Waals surface area contributed by atoms with Crippen molar-refractivity contribution in [2.45, 2.75) is 13.0 Å². The van der Waals surface area contributed by atoms with E-state index in [0.29, 0.717) is 0 Å². The van der Waals surface area contributed by atoms with Gasteiger partial charge < -0.3 is 0 Å². The third-order valence-corrected chi connectivity index (χ3v) is 1.83. The van der Waals surface area contributed by atoms with E-state index in [9.17, 15) is 0 Å². The van der Waals surface area contributed by atoms with Gasteiger partial charge in [-0.25, -0.2) is 0 Å². The Morgan fingerprint density at radius 2 is 2.27 bits per heavy atom. The van der Waals surface area contributed by atoms with Crippen LogP contribution in [0.5, 0.6) is 0 Å². The van der Waals surface area contributed by atoms with Crippen LogP contribution in [0.3, 0.4) is 0 Å². The van der Waals surface area contributed by atoms with Crippen molar-refractivity contribution < 1.29 is 0 Å². The smallest absolute Gasteiger partial charge is 0.0432 e. The van der Waals surface area contributed by atoms with Crippen LogP contribution in [-0.2, 0) is 0 Å². The van der Waals surface area contributed by atoms with Crippen LogP contribution in [0.15, 0.2) is 24.3 Å². The summed E-state index contributed by atoms with van der Waals surface area (Å²) < 4.78 is 0. The average Bonchev–Trinajstić information content (AvgIpc) is 2.03. The summed E-state index contributed by atoms with van der Waals surface area (Å²) in [5.74, 6) is 5.26. The van der Waals surface area contributed by atoms with Gasteiger partial charge in [-0.15, -0.1) is 0 Å². The number of halogens is 1. The molecule has 0 aromatic heterocycles. The van der Waals surface area contributed by atoms with Gasteiger partial charge in [0, 0.05) is 11.1 Å². The van der Waals surface area contributed by atoms with Crippen LogP contribution in [0.4, 0.5) is 0 Å². The van der Waals surface area contributed by atoms with E-state index in [1.807, 2.05) is 31.2 Å². The zero-order valence-electron chi connectivity index (χ0n) is 6.34. The molecule has 0 bridgehead atoms. The van der Waals surface area contributed by atoms with Gasteiger partial charge in [0.15, 0.2) is 0 Å². The molecule has 0 amide bonds. The average molecular weight is 171 g/mol. The van der Waals surface area contributed by atoms with Crippen LogP contribution < -0.4 is 11.3 Å². The third kappa shape index (κ3) is 2.19. The first-order valence-corrected chi connectivity index (χ1v) is 3.83. The fourth-order valence-corrected chi connectivity index (χ4v) is 1.07. The molecule has 3 N–H and O–H groups in total. The quantitative estimate of drug-likeness (QED) is 0.525. The van der Waals surface area contributed by atoms with Crippen molar-refractivity contribution in [2.75, 3.05) is 0 Å². The van der Waals surface area contributed by atoms with Gasteiger partial charge in [0.25, 0.3) is 0 Å². The van der Waals surface area contributed by atoms with Crippen molar-refractivity contribution in [1.82, 2.24) is 5.43 Å². The summed E-state index contributed by atoms with van der Waals surface area (Å²) in [6.07, 6.45) is 0. The number of nitrogens with two attached hydrogens (primary N) is 1. The molecule has 1 aromatic rings. The van der Waals surface area contributed by atoms with Crippen LogP contribution >= 0.6 is 11.6 Å². The molecular formula is C8H11ClN2. The zero-order chi connectivity index (χ0) is 8.27. The van der Waals surface area contributed by atoms with Gasteiger partial charge in [0.2, 0.25) is 0 Å². The fourth-order valence-electron chi connectivity index (χ4n) is 0.872. The maximum Gasteiger partial charge on any atom is 0.0432 e. The minimum atomic E-state index is 0.147. The number of rotatable bonds is 2. The summed E-state index contributed by atoms with van der Waals surface area (Å²) in [6.45, 7) is 1.98. The summed E-state index contributed by atoms with van der Waals surface area (Å²) in [4.78, 5) is 0. The molecule has 1 aromatic carbocycles. The molecule has 0 saturated heterocycles. The molecule has 0 spiro atoms. The van der Waals surface area contributed by atoms with Crippen molar-refractivity contribution in [3.05, 3.63) is 34.9 Å². The van der Waals surface area contributed by atoms with E-state index in [0.717, 1.165) is 10.6 Å². The van der Waals surface area contributed by atoms with Gasteiger partial charge in [0.05, 0.1) is 0 Å². The number of hydrogen-bond donors (Lipinski definition) is 2. The lowest BCUT2D eigenvalue weighted by Crippen LogP contribution is -2.25. The molecule has 0 saturated carbocycles. The van der Waals surface area contributed by atoms with E-state index >= 15 is 0 Å². The first kappa shape index (κ1) is 8.53. The maximum atomic E-state index is 5.78. The van der Waals surface area contributed by atoms with Crippen molar-refractivity contribution in [1.29, 1.82) is 0 Å². The van der Waals surface area contributed by atoms with Crippen LogP contribution in [0, 0.1) is 0 Å². The lowest BCUT2D eigenvalue weighted by molar-refractivity contribution is 0.602. The Hall–Kier alpha value is -0.570. The molecule has 11 heavy (non-hydrogen) atoms. The molecule has 0 fully saturated rings. The lowest BCUT2D eigenvalue weighted by atomic mass is 10.1. The van der Waals surface area contributed by atoms with Crippen molar-refractivity contribution in [3.63, 3.8) is 0 Å². The third-order valence-electron chi connectivity index (χ3n) is 1.60. The molecule has 1 rings (SSSR count). The largest absolute Gasteiger partial charge is 0.271 e. The number of hydrazine groups is 1. The van der Waals surface area contributed by atoms with Gasteiger partial charge in [-0.2, -0.15) is 0 Å². The number of nitrogens with one attached hydrogen (secondary N) is 1. The van der Waals surface area contributed by atoms with Gasteiger partial charge in [-0.1, -0.05) is 23.7 Å². The second kappa shape index (κ2) is 3.72. The number of hydrogen-bond acceptors (Lipinski definition) is 2. The van der Waals surface area contributed by atoms with Gasteiger partial charge >= 0.3 is 0 Å². The Labute approximate surface area is 71.3 Å². The SMILES string of the molecule is CC(NN)c1cccc(Cl)c1. The maximum absolute atomic E-state index is 5.78. The first-order valence-electron chi connectivity index (χ1n) is 3.45. The normalized spacial score (nSPS) is 13.0. The number of benzene rings is 1. The van der Waals surface area contributed by atoms with Crippen LogP contribution in [0.1, 0.15) is 18.5 Å². The Morgan fingerprint density at radius 1 is 1.55 bits per heavy atom. The first-order chi connectivity index (χ1) is 5.24. The second-order valence-corrected chi connectivity index (χ2v) is 2.88. The molecule has 0 aliphatic carbocycles. The predicted molar refractivity (Wildman–Crippen MR) is 47.2 cm³/mol. The molecule has 1 atom stereocenters. The highest BCUT2D eigenvalue weighted by Crippen LogP contribution is 2.16. The van der Waals surface area contributed by atoms with Gasteiger partial charge in [-0.05, 0) is 24.6 Å². The van der Waals surface area contributed by atoms with E-state index in [4.69, 9.17) is 17.4 Å². The summed E-state index contributed by atoms with van der Waals surface area (Å²) in [7, 11) is 0. The Kier molecular flexibility index (Phi) is 2.88. The minimum absolute atomic E-state index is 0.147. The molecule has 2 nitrogen and oxygen atoms in total. The molecular weight excluding hydrogens is 160 g/mol. The lowest BCUT2D eigenvalue weighted by Gasteiger charge is -2.09. The van der Waals surface area contributed by atoms with Crippen LogP contribution in [0.25, 0.3) is 0 Å². The zero-order valence-corrected chi connectivity index (χ0v) is 7.10. The Bertz CT molecular complexity index is 237. The van der Waals surface area contributed by atoms with Crippen LogP contribution in [0.2, 0.25) is 5.02 Å².